The molecule has 206 valence electrons. The number of H-pyrrole nitrogens is 1. The number of hydrogen-bond acceptors (Lipinski definition) is 3. The van der Waals surface area contributed by atoms with Gasteiger partial charge in [0, 0.05) is 55.9 Å². The molecular weight excluding hydrogens is 511 g/mol. The van der Waals surface area contributed by atoms with E-state index in [2.05, 4.69) is 105 Å². The quantitative estimate of drug-likeness (QED) is 0.269. The van der Waals surface area contributed by atoms with E-state index in [1.54, 1.807) is 0 Å². The Morgan fingerprint density at radius 1 is 0.805 bits per heavy atom. The fourth-order valence-corrected chi connectivity index (χ4v) is 6.54. The van der Waals surface area contributed by atoms with Gasteiger partial charge in [0.15, 0.2) is 0 Å². The van der Waals surface area contributed by atoms with Crippen molar-refractivity contribution < 1.29 is 9.18 Å². The highest BCUT2D eigenvalue weighted by atomic mass is 19.1. The molecule has 1 aromatic heterocycles. The molecule has 2 N–H and O–H groups in total. The van der Waals surface area contributed by atoms with Crippen LogP contribution in [0.25, 0.3) is 22.2 Å². The number of amides is 1. The lowest BCUT2D eigenvalue weighted by Crippen LogP contribution is -2.47. The summed E-state index contributed by atoms with van der Waals surface area (Å²) in [5.74, 6) is -0.619. The van der Waals surface area contributed by atoms with E-state index < -0.39 is 5.82 Å². The van der Waals surface area contributed by atoms with Crippen molar-refractivity contribution in [1.29, 1.82) is 0 Å². The normalized spacial score (nSPS) is 16.2. The number of halogens is 1. The first kappa shape index (κ1) is 25.7. The van der Waals surface area contributed by atoms with Crippen LogP contribution in [0.3, 0.4) is 0 Å². The monoisotopic (exact) mass is 544 g/mol. The number of piperazine rings is 1. The third-order valence-corrected chi connectivity index (χ3v) is 8.52. The van der Waals surface area contributed by atoms with Crippen molar-refractivity contribution in [3.05, 3.63) is 131 Å². The van der Waals surface area contributed by atoms with Gasteiger partial charge in [-0.3, -0.25) is 14.6 Å². The molecule has 2 aliphatic rings. The summed E-state index contributed by atoms with van der Waals surface area (Å²) < 4.78 is 14.3. The summed E-state index contributed by atoms with van der Waals surface area (Å²) >= 11 is 0. The van der Waals surface area contributed by atoms with E-state index in [9.17, 15) is 9.18 Å². The van der Waals surface area contributed by atoms with Gasteiger partial charge >= 0.3 is 0 Å². The highest BCUT2D eigenvalue weighted by Gasteiger charge is 2.27. The number of nitrogens with zero attached hydrogens (tertiary/aromatic N) is 2. The second-order valence-corrected chi connectivity index (χ2v) is 11.1. The Balaban J connectivity index is 1.06. The zero-order chi connectivity index (χ0) is 27.8. The van der Waals surface area contributed by atoms with Gasteiger partial charge in [-0.1, -0.05) is 84.9 Å². The van der Waals surface area contributed by atoms with Crippen LogP contribution in [0, 0.1) is 5.82 Å². The van der Waals surface area contributed by atoms with Crippen LogP contribution in [-0.4, -0.2) is 53.4 Å². The van der Waals surface area contributed by atoms with Gasteiger partial charge in [0.1, 0.15) is 5.82 Å². The van der Waals surface area contributed by atoms with E-state index in [1.807, 2.05) is 0 Å². The van der Waals surface area contributed by atoms with Crippen LogP contribution in [0.2, 0.25) is 0 Å². The Bertz CT molecular complexity index is 1630. The molecule has 0 atom stereocenters. The molecule has 2 aliphatic heterocycles. The molecule has 4 aromatic carbocycles. The van der Waals surface area contributed by atoms with Crippen LogP contribution in [0.5, 0.6) is 0 Å². The third-order valence-electron chi connectivity index (χ3n) is 8.52. The summed E-state index contributed by atoms with van der Waals surface area (Å²) in [5.41, 5.74) is 8.13. The lowest BCUT2D eigenvalue weighted by Gasteiger charge is -2.40. The number of carbonyl (C=O) groups is 1. The Morgan fingerprint density at radius 3 is 2.12 bits per heavy atom. The Labute approximate surface area is 239 Å². The molecule has 0 saturated carbocycles. The number of aromatic nitrogens is 1. The van der Waals surface area contributed by atoms with Crippen molar-refractivity contribution in [2.24, 2.45) is 0 Å². The summed E-state index contributed by atoms with van der Waals surface area (Å²) in [5, 5.41) is 3.73. The van der Waals surface area contributed by atoms with Crippen molar-refractivity contribution in [2.45, 2.75) is 19.0 Å². The van der Waals surface area contributed by atoms with Crippen LogP contribution in [0.1, 0.15) is 38.7 Å². The lowest BCUT2D eigenvalue weighted by atomic mass is 9.96. The number of benzene rings is 4. The Kier molecular flexibility index (Phi) is 6.87. The molecule has 41 heavy (non-hydrogen) atoms. The van der Waals surface area contributed by atoms with Gasteiger partial charge < -0.3 is 10.3 Å². The molecule has 0 spiro atoms. The second-order valence-electron chi connectivity index (χ2n) is 11.1. The maximum atomic E-state index is 14.3. The molecular formula is C35H33FN4O. The topological polar surface area (TPSA) is 51.4 Å². The summed E-state index contributed by atoms with van der Waals surface area (Å²) in [6.07, 6.45) is 0.707. The number of aromatic amines is 1. The van der Waals surface area contributed by atoms with Gasteiger partial charge in [-0.2, -0.15) is 0 Å². The molecule has 0 bridgehead atoms. The van der Waals surface area contributed by atoms with Crippen LogP contribution >= 0.6 is 0 Å². The fraction of sp³-hybridized carbons (Fsp3) is 0.229. The first-order valence-corrected chi connectivity index (χ1v) is 14.4. The maximum Gasteiger partial charge on any atom is 0.252 e. The zero-order valence-corrected chi connectivity index (χ0v) is 22.9. The average Bonchev–Trinajstić information content (AvgIpc) is 3.28. The average molecular weight is 545 g/mol. The van der Waals surface area contributed by atoms with E-state index in [4.69, 9.17) is 0 Å². The molecule has 3 heterocycles. The number of carbonyl (C=O) groups excluding carboxylic acids is 1. The maximum absolute atomic E-state index is 14.3. The van der Waals surface area contributed by atoms with Crippen LogP contribution in [0.4, 0.5) is 4.39 Å². The van der Waals surface area contributed by atoms with Gasteiger partial charge in [-0.25, -0.2) is 4.39 Å². The Hall–Kier alpha value is -4.26. The van der Waals surface area contributed by atoms with Crippen LogP contribution in [-0.2, 0) is 13.0 Å². The first-order valence-electron chi connectivity index (χ1n) is 14.4. The van der Waals surface area contributed by atoms with E-state index in [0.29, 0.717) is 24.0 Å². The molecule has 7 rings (SSSR count). The molecule has 1 saturated heterocycles. The van der Waals surface area contributed by atoms with Gasteiger partial charge in [0.25, 0.3) is 5.91 Å². The van der Waals surface area contributed by atoms with Crippen molar-refractivity contribution in [3.8, 4) is 11.3 Å². The van der Waals surface area contributed by atoms with E-state index in [1.165, 1.54) is 28.8 Å². The SMILES string of the molecule is O=C1NCCc2c(-c3ccc(CN4CCN(C(c5ccccc5)c5ccccc5)CC4)cc3)[nH]c3cc(F)cc1c23. The largest absolute Gasteiger partial charge is 0.354 e. The lowest BCUT2D eigenvalue weighted by molar-refractivity contribution is 0.0957. The van der Waals surface area contributed by atoms with E-state index in [-0.39, 0.29) is 11.9 Å². The van der Waals surface area contributed by atoms with Gasteiger partial charge in [0.05, 0.1) is 11.6 Å². The predicted octanol–water partition coefficient (Wildman–Crippen LogP) is 6.17. The molecule has 5 aromatic rings. The Morgan fingerprint density at radius 2 is 1.46 bits per heavy atom. The molecule has 0 aliphatic carbocycles. The first-order chi connectivity index (χ1) is 20.1. The number of rotatable bonds is 6. The summed E-state index contributed by atoms with van der Waals surface area (Å²) in [7, 11) is 0. The number of hydrogen-bond donors (Lipinski definition) is 2. The standard InChI is InChI=1S/C35H33FN4O/c36-28-21-30-32-29(15-16-37-35(30)41)33(38-31(32)22-28)25-13-11-24(12-14-25)23-39-17-19-40(20-18-39)34(26-7-3-1-4-8-26)27-9-5-2-6-10-27/h1-14,21-22,34,38H,15-20,23H2,(H,37,41). The second kappa shape index (κ2) is 11.0. The van der Waals surface area contributed by atoms with Gasteiger partial charge in [-0.05, 0) is 46.4 Å². The fourth-order valence-electron chi connectivity index (χ4n) is 6.54. The molecule has 5 nitrogen and oxygen atoms in total. The van der Waals surface area contributed by atoms with Crippen molar-refractivity contribution in [3.63, 3.8) is 0 Å². The van der Waals surface area contributed by atoms with Crippen molar-refractivity contribution in [1.82, 2.24) is 20.1 Å². The van der Waals surface area contributed by atoms with E-state index in [0.717, 1.165) is 54.9 Å². The molecule has 1 fully saturated rings. The zero-order valence-electron chi connectivity index (χ0n) is 22.9. The molecule has 0 unspecified atom stereocenters. The minimum atomic E-state index is -0.404. The van der Waals surface area contributed by atoms with Gasteiger partial charge in [-0.15, -0.1) is 0 Å². The summed E-state index contributed by atoms with van der Waals surface area (Å²) in [6.45, 7) is 5.49. The van der Waals surface area contributed by atoms with E-state index >= 15 is 0 Å². The van der Waals surface area contributed by atoms with Crippen LogP contribution < -0.4 is 5.32 Å². The minimum Gasteiger partial charge on any atom is -0.354 e. The van der Waals surface area contributed by atoms with Crippen molar-refractivity contribution >= 4 is 16.8 Å². The van der Waals surface area contributed by atoms with Gasteiger partial charge in [0.2, 0.25) is 0 Å². The highest BCUT2D eigenvalue weighted by Crippen LogP contribution is 2.35. The third kappa shape index (κ3) is 5.05. The highest BCUT2D eigenvalue weighted by molar-refractivity contribution is 6.10. The summed E-state index contributed by atoms with van der Waals surface area (Å²) in [6, 6.07) is 33.4. The van der Waals surface area contributed by atoms with Crippen LogP contribution in [0.15, 0.2) is 97.1 Å². The summed E-state index contributed by atoms with van der Waals surface area (Å²) in [4.78, 5) is 21.1. The number of nitrogens with one attached hydrogen (secondary N) is 2. The molecule has 0 radical (unpaired) electrons. The molecule has 6 heteroatoms. The molecule has 1 amide bonds. The van der Waals surface area contributed by atoms with Crippen molar-refractivity contribution in [2.75, 3.05) is 32.7 Å². The minimum absolute atomic E-state index is 0.215. The predicted molar refractivity (Wildman–Crippen MR) is 161 cm³/mol. The smallest absolute Gasteiger partial charge is 0.252 e.